The van der Waals surface area contributed by atoms with Gasteiger partial charge in [0.05, 0.1) is 0 Å². The molecule has 4 rings (SSSR count). The van der Waals surface area contributed by atoms with E-state index in [2.05, 4.69) is 40.7 Å². The van der Waals surface area contributed by atoms with Gasteiger partial charge in [-0.1, -0.05) is 84.8 Å². The zero-order valence-corrected chi connectivity index (χ0v) is 26.1. The number of rotatable bonds is 14. The van der Waals surface area contributed by atoms with Crippen LogP contribution in [0.2, 0.25) is 0 Å². The molecule has 0 amide bonds. The van der Waals surface area contributed by atoms with Crippen LogP contribution in [-0.2, 0) is 14.3 Å². The van der Waals surface area contributed by atoms with Crippen molar-refractivity contribution in [2.24, 2.45) is 46.3 Å². The molecule has 4 aliphatic carbocycles. The van der Waals surface area contributed by atoms with Crippen molar-refractivity contribution in [3.8, 4) is 0 Å². The number of unbranched alkanes of at least 4 members (excludes halogenated alkanes) is 5. The standard InChI is InChI=1S/C36H60O3/c1-26(2)13-12-14-27(3)31-18-19-32-30-17-16-28-25-29(39-34(38)15-10-8-6-7-9-11-24-37)20-22-35(28,4)33(30)21-23-36(31,32)5/h16,24,26-27,29-33H,6-15,17-23,25H2,1-5H3/t27-,29+,30+,31-,32+,33+,35+,36-/m1/s1. The summed E-state index contributed by atoms with van der Waals surface area (Å²) in [6.07, 6.45) is 24.4. The Hall–Kier alpha value is -1.12. The van der Waals surface area contributed by atoms with Crippen molar-refractivity contribution in [1.82, 2.24) is 0 Å². The molecule has 3 heteroatoms. The summed E-state index contributed by atoms with van der Waals surface area (Å²) in [6.45, 7) is 12.6. The topological polar surface area (TPSA) is 43.4 Å². The summed E-state index contributed by atoms with van der Waals surface area (Å²) < 4.78 is 6.01. The molecule has 4 aliphatic rings. The van der Waals surface area contributed by atoms with Gasteiger partial charge in [-0.2, -0.15) is 0 Å². The maximum absolute atomic E-state index is 12.6. The number of esters is 1. The van der Waals surface area contributed by atoms with Gasteiger partial charge in [-0.25, -0.2) is 0 Å². The number of carbonyl (C=O) groups is 2. The third-order valence-corrected chi connectivity index (χ3v) is 12.3. The second kappa shape index (κ2) is 13.7. The van der Waals surface area contributed by atoms with Crippen LogP contribution in [0.4, 0.5) is 0 Å². The first-order chi connectivity index (χ1) is 18.7. The van der Waals surface area contributed by atoms with Gasteiger partial charge in [0.25, 0.3) is 0 Å². The lowest BCUT2D eigenvalue weighted by molar-refractivity contribution is -0.151. The maximum atomic E-state index is 12.6. The molecule has 39 heavy (non-hydrogen) atoms. The average molecular weight is 541 g/mol. The average Bonchev–Trinajstić information content (AvgIpc) is 3.25. The highest BCUT2D eigenvalue weighted by Crippen LogP contribution is 2.67. The van der Waals surface area contributed by atoms with Crippen LogP contribution in [0.5, 0.6) is 0 Å². The molecule has 0 aromatic heterocycles. The Kier molecular flexibility index (Phi) is 10.8. The fraction of sp³-hybridized carbons (Fsp3) is 0.889. The minimum atomic E-state index is -0.00118. The van der Waals surface area contributed by atoms with Gasteiger partial charge < -0.3 is 9.53 Å². The Bertz CT molecular complexity index is 844. The lowest BCUT2D eigenvalue weighted by Gasteiger charge is -2.58. The zero-order chi connectivity index (χ0) is 28.0. The van der Waals surface area contributed by atoms with Crippen molar-refractivity contribution in [2.75, 3.05) is 0 Å². The van der Waals surface area contributed by atoms with Gasteiger partial charge in [-0.05, 0) is 104 Å². The van der Waals surface area contributed by atoms with E-state index >= 15 is 0 Å². The highest BCUT2D eigenvalue weighted by Gasteiger charge is 2.59. The van der Waals surface area contributed by atoms with E-state index in [1.807, 2.05) is 0 Å². The smallest absolute Gasteiger partial charge is 0.306 e. The predicted molar refractivity (Wildman–Crippen MR) is 161 cm³/mol. The second-order valence-electron chi connectivity index (χ2n) is 15.1. The van der Waals surface area contributed by atoms with Gasteiger partial charge in [-0.15, -0.1) is 0 Å². The molecular formula is C36H60O3. The normalized spacial score (nSPS) is 36.5. The quantitative estimate of drug-likeness (QED) is 0.0953. The van der Waals surface area contributed by atoms with E-state index in [0.29, 0.717) is 23.7 Å². The molecule has 0 N–H and O–H groups in total. The van der Waals surface area contributed by atoms with E-state index in [-0.39, 0.29) is 12.1 Å². The number of aldehydes is 1. The van der Waals surface area contributed by atoms with Crippen LogP contribution in [0.15, 0.2) is 11.6 Å². The summed E-state index contributed by atoms with van der Waals surface area (Å²) in [5.41, 5.74) is 2.47. The first-order valence-electron chi connectivity index (χ1n) is 17.0. The SMILES string of the molecule is CC(C)CCC[C@@H](C)[C@H]1CC[C@H]2[C@@H]3CC=C4C[C@@H](OC(=O)CCCCCCCC=O)CC[C@]4(C)[C@H]3CC[C@]12C. The number of ether oxygens (including phenoxy) is 1. The molecule has 0 radical (unpaired) electrons. The molecule has 8 atom stereocenters. The van der Waals surface area contributed by atoms with Crippen molar-refractivity contribution in [2.45, 2.75) is 156 Å². The summed E-state index contributed by atoms with van der Waals surface area (Å²) in [4.78, 5) is 23.0. The molecule has 0 bridgehead atoms. The monoisotopic (exact) mass is 540 g/mol. The Balaban J connectivity index is 1.29. The Labute approximate surface area is 240 Å². The van der Waals surface area contributed by atoms with Gasteiger partial charge in [0.1, 0.15) is 12.4 Å². The molecule has 0 spiro atoms. The van der Waals surface area contributed by atoms with E-state index in [1.165, 1.54) is 57.8 Å². The summed E-state index contributed by atoms with van der Waals surface area (Å²) in [5.74, 6) is 5.19. The van der Waals surface area contributed by atoms with Crippen LogP contribution < -0.4 is 0 Å². The molecule has 3 nitrogen and oxygen atoms in total. The second-order valence-corrected chi connectivity index (χ2v) is 15.1. The number of allylic oxidation sites excluding steroid dienone is 1. The van der Waals surface area contributed by atoms with Crippen molar-refractivity contribution < 1.29 is 14.3 Å². The Morgan fingerprint density at radius 2 is 1.72 bits per heavy atom. The summed E-state index contributed by atoms with van der Waals surface area (Å²) in [7, 11) is 0. The van der Waals surface area contributed by atoms with Crippen LogP contribution in [0.3, 0.4) is 0 Å². The van der Waals surface area contributed by atoms with Crippen molar-refractivity contribution in [3.05, 3.63) is 11.6 Å². The molecule has 0 aliphatic heterocycles. The largest absolute Gasteiger partial charge is 0.462 e. The van der Waals surface area contributed by atoms with Crippen molar-refractivity contribution >= 4 is 12.3 Å². The molecule has 3 saturated carbocycles. The summed E-state index contributed by atoms with van der Waals surface area (Å²) in [6, 6.07) is 0. The number of fused-ring (bicyclic) bond motifs is 5. The van der Waals surface area contributed by atoms with Crippen molar-refractivity contribution in [3.63, 3.8) is 0 Å². The molecule has 0 aromatic carbocycles. The van der Waals surface area contributed by atoms with Crippen LogP contribution in [0.25, 0.3) is 0 Å². The third kappa shape index (κ3) is 7.03. The van der Waals surface area contributed by atoms with Gasteiger partial charge in [-0.3, -0.25) is 4.79 Å². The van der Waals surface area contributed by atoms with E-state index < -0.39 is 0 Å². The molecule has 222 valence electrons. The first-order valence-corrected chi connectivity index (χ1v) is 17.0. The fourth-order valence-electron chi connectivity index (χ4n) is 10.0. The van der Waals surface area contributed by atoms with Crippen LogP contribution in [0, 0.1) is 46.3 Å². The van der Waals surface area contributed by atoms with Gasteiger partial charge in [0.15, 0.2) is 0 Å². The van der Waals surface area contributed by atoms with E-state index in [4.69, 9.17) is 4.74 Å². The van der Waals surface area contributed by atoms with Crippen molar-refractivity contribution in [1.29, 1.82) is 0 Å². The van der Waals surface area contributed by atoms with E-state index in [9.17, 15) is 9.59 Å². The minimum Gasteiger partial charge on any atom is -0.462 e. The number of carbonyl (C=O) groups excluding carboxylic acids is 2. The summed E-state index contributed by atoms with van der Waals surface area (Å²) in [5, 5.41) is 0. The lowest BCUT2D eigenvalue weighted by atomic mass is 9.47. The highest BCUT2D eigenvalue weighted by atomic mass is 16.5. The molecule has 0 saturated heterocycles. The van der Waals surface area contributed by atoms with E-state index in [0.717, 1.165) is 86.7 Å². The molecule has 3 fully saturated rings. The molecular weight excluding hydrogens is 480 g/mol. The number of hydrogen-bond donors (Lipinski definition) is 0. The Morgan fingerprint density at radius 3 is 2.49 bits per heavy atom. The molecule has 0 aromatic rings. The first kappa shape index (κ1) is 30.8. The van der Waals surface area contributed by atoms with Gasteiger partial charge >= 0.3 is 5.97 Å². The molecule has 0 heterocycles. The van der Waals surface area contributed by atoms with Crippen LogP contribution in [0.1, 0.15) is 150 Å². The van der Waals surface area contributed by atoms with Gasteiger partial charge in [0.2, 0.25) is 0 Å². The van der Waals surface area contributed by atoms with Gasteiger partial charge in [0, 0.05) is 19.3 Å². The maximum Gasteiger partial charge on any atom is 0.306 e. The predicted octanol–water partition coefficient (Wildman–Crippen LogP) is 9.87. The minimum absolute atomic E-state index is 0.00118. The van der Waals surface area contributed by atoms with Crippen LogP contribution in [-0.4, -0.2) is 18.4 Å². The zero-order valence-electron chi connectivity index (χ0n) is 26.1. The number of hydrogen-bond acceptors (Lipinski definition) is 3. The van der Waals surface area contributed by atoms with E-state index in [1.54, 1.807) is 5.57 Å². The third-order valence-electron chi connectivity index (χ3n) is 12.3. The lowest BCUT2D eigenvalue weighted by Crippen LogP contribution is -2.51. The fourth-order valence-corrected chi connectivity index (χ4v) is 10.0. The van der Waals surface area contributed by atoms with Crippen LogP contribution >= 0.6 is 0 Å². The summed E-state index contributed by atoms with van der Waals surface area (Å²) >= 11 is 0. The highest BCUT2D eigenvalue weighted by molar-refractivity contribution is 5.69. The molecule has 0 unspecified atom stereocenters. The Morgan fingerprint density at radius 1 is 0.949 bits per heavy atom.